The molecule has 0 aromatic heterocycles. The van der Waals surface area contributed by atoms with Gasteiger partial charge in [-0.3, -0.25) is 9.35 Å². The SMILES string of the molecule is C=CC(=O)N[C@H]1O[C@H](CO)[C@H](O)[C@H](OS(=O)(=O)O)[C@H]1O. The Morgan fingerprint density at radius 1 is 1.40 bits per heavy atom. The van der Waals surface area contributed by atoms with Crippen LogP contribution < -0.4 is 5.32 Å². The Labute approximate surface area is 114 Å². The molecule has 0 saturated carbocycles. The molecule has 5 atom stereocenters. The molecule has 1 saturated heterocycles. The number of carbonyl (C=O) groups excluding carboxylic acids is 1. The van der Waals surface area contributed by atoms with Crippen molar-refractivity contribution in [3.63, 3.8) is 0 Å². The lowest BCUT2D eigenvalue weighted by molar-refractivity contribution is -0.229. The highest BCUT2D eigenvalue weighted by Crippen LogP contribution is 2.23. The number of hydrogen-bond acceptors (Lipinski definition) is 8. The molecule has 1 amide bonds. The fourth-order valence-corrected chi connectivity index (χ4v) is 2.17. The molecule has 11 heteroatoms. The zero-order chi connectivity index (χ0) is 15.5. The van der Waals surface area contributed by atoms with E-state index in [1.165, 1.54) is 0 Å². The summed E-state index contributed by atoms with van der Waals surface area (Å²) in [5, 5.41) is 30.6. The van der Waals surface area contributed by atoms with Crippen molar-refractivity contribution in [1.29, 1.82) is 0 Å². The summed E-state index contributed by atoms with van der Waals surface area (Å²) in [6.07, 6.45) is -7.31. The molecule has 0 aromatic rings. The van der Waals surface area contributed by atoms with Gasteiger partial charge in [-0.05, 0) is 6.08 Å². The topological polar surface area (TPSA) is 163 Å². The van der Waals surface area contributed by atoms with Crippen LogP contribution in [0.2, 0.25) is 0 Å². The lowest BCUT2D eigenvalue weighted by Gasteiger charge is -2.41. The minimum atomic E-state index is -4.97. The van der Waals surface area contributed by atoms with Crippen molar-refractivity contribution in [2.45, 2.75) is 30.6 Å². The summed E-state index contributed by atoms with van der Waals surface area (Å²) in [5.41, 5.74) is 0. The Morgan fingerprint density at radius 3 is 2.45 bits per heavy atom. The van der Waals surface area contributed by atoms with Gasteiger partial charge in [0.05, 0.1) is 6.61 Å². The minimum Gasteiger partial charge on any atom is -0.394 e. The van der Waals surface area contributed by atoms with E-state index in [1.54, 1.807) is 0 Å². The molecule has 20 heavy (non-hydrogen) atoms. The van der Waals surface area contributed by atoms with Crippen LogP contribution in [0.5, 0.6) is 0 Å². The summed E-state index contributed by atoms with van der Waals surface area (Å²) in [6, 6.07) is 0. The van der Waals surface area contributed by atoms with Crippen LogP contribution in [0.15, 0.2) is 12.7 Å². The second kappa shape index (κ2) is 6.58. The molecular weight excluding hydrogens is 298 g/mol. The third-order valence-electron chi connectivity index (χ3n) is 2.57. The predicted molar refractivity (Wildman–Crippen MR) is 62.5 cm³/mol. The highest BCUT2D eigenvalue weighted by molar-refractivity contribution is 7.80. The largest absolute Gasteiger partial charge is 0.397 e. The van der Waals surface area contributed by atoms with Crippen LogP contribution >= 0.6 is 0 Å². The standard InChI is InChI=1S/C9H15NO9S/c1-2-5(12)10-9-7(14)8(19-20(15,16)17)6(13)4(3-11)18-9/h2,4,6-9,11,13-14H,1,3H2,(H,10,12)(H,15,16,17)/t4-,6+,7-,8+,9+/m1/s1. The number of aliphatic hydroxyl groups is 3. The highest BCUT2D eigenvalue weighted by atomic mass is 32.3. The number of carbonyl (C=O) groups is 1. The average Bonchev–Trinajstić information content (AvgIpc) is 2.36. The molecule has 0 unspecified atom stereocenters. The first-order valence-electron chi connectivity index (χ1n) is 5.40. The summed E-state index contributed by atoms with van der Waals surface area (Å²) in [4.78, 5) is 11.1. The Hall–Kier alpha value is -1.08. The number of aliphatic hydroxyl groups excluding tert-OH is 3. The summed E-state index contributed by atoms with van der Waals surface area (Å²) in [7, 11) is -4.97. The van der Waals surface area contributed by atoms with Gasteiger partial charge in [0.1, 0.15) is 24.4 Å². The van der Waals surface area contributed by atoms with Crippen molar-refractivity contribution >= 4 is 16.3 Å². The van der Waals surface area contributed by atoms with Crippen molar-refractivity contribution in [3.8, 4) is 0 Å². The van der Waals surface area contributed by atoms with Gasteiger partial charge in [-0.15, -0.1) is 0 Å². The lowest BCUT2D eigenvalue weighted by Crippen LogP contribution is -2.64. The average molecular weight is 313 g/mol. The van der Waals surface area contributed by atoms with E-state index in [9.17, 15) is 23.4 Å². The zero-order valence-corrected chi connectivity index (χ0v) is 10.9. The molecule has 0 bridgehead atoms. The Morgan fingerprint density at radius 2 is 2.00 bits per heavy atom. The summed E-state index contributed by atoms with van der Waals surface area (Å²) < 4.78 is 39.1. The monoisotopic (exact) mass is 313 g/mol. The van der Waals surface area contributed by atoms with Gasteiger partial charge in [0.25, 0.3) is 0 Å². The number of rotatable bonds is 5. The van der Waals surface area contributed by atoms with Crippen LogP contribution in [-0.2, 0) is 24.1 Å². The van der Waals surface area contributed by atoms with Gasteiger partial charge in [-0.2, -0.15) is 8.42 Å². The summed E-state index contributed by atoms with van der Waals surface area (Å²) in [6.45, 7) is 2.43. The van der Waals surface area contributed by atoms with Crippen LogP contribution in [0.4, 0.5) is 0 Å². The van der Waals surface area contributed by atoms with Crippen molar-refractivity contribution in [3.05, 3.63) is 12.7 Å². The van der Waals surface area contributed by atoms with Gasteiger partial charge in [-0.25, -0.2) is 4.18 Å². The van der Waals surface area contributed by atoms with Gasteiger partial charge < -0.3 is 25.4 Å². The maximum atomic E-state index is 11.1. The molecule has 1 aliphatic rings. The van der Waals surface area contributed by atoms with E-state index in [1.807, 2.05) is 0 Å². The fourth-order valence-electron chi connectivity index (χ4n) is 1.66. The molecule has 1 heterocycles. The molecule has 0 spiro atoms. The number of hydrogen-bond donors (Lipinski definition) is 5. The zero-order valence-electron chi connectivity index (χ0n) is 10.1. The van der Waals surface area contributed by atoms with Gasteiger partial charge in [-0.1, -0.05) is 6.58 Å². The molecule has 0 aliphatic carbocycles. The van der Waals surface area contributed by atoms with Crippen molar-refractivity contribution in [2.75, 3.05) is 6.61 Å². The molecule has 1 fully saturated rings. The number of ether oxygens (including phenoxy) is 1. The van der Waals surface area contributed by atoms with Crippen LogP contribution in [0, 0.1) is 0 Å². The smallest absolute Gasteiger partial charge is 0.394 e. The first-order chi connectivity index (χ1) is 9.19. The molecule has 5 N–H and O–H groups in total. The molecule has 1 aliphatic heterocycles. The summed E-state index contributed by atoms with van der Waals surface area (Å²) in [5.74, 6) is -0.743. The van der Waals surface area contributed by atoms with Gasteiger partial charge in [0.2, 0.25) is 5.91 Å². The molecular formula is C9H15NO9S. The van der Waals surface area contributed by atoms with Gasteiger partial charge >= 0.3 is 10.4 Å². The molecule has 0 radical (unpaired) electrons. The van der Waals surface area contributed by atoms with Gasteiger partial charge in [0.15, 0.2) is 6.23 Å². The Kier molecular flexibility index (Phi) is 5.59. The minimum absolute atomic E-state index is 0.736. The second-order valence-electron chi connectivity index (χ2n) is 3.96. The molecule has 0 aromatic carbocycles. The van der Waals surface area contributed by atoms with E-state index in [0.29, 0.717) is 0 Å². The molecule has 10 nitrogen and oxygen atoms in total. The second-order valence-corrected chi connectivity index (χ2v) is 5.01. The number of amides is 1. The van der Waals surface area contributed by atoms with E-state index >= 15 is 0 Å². The van der Waals surface area contributed by atoms with E-state index in [0.717, 1.165) is 6.08 Å². The van der Waals surface area contributed by atoms with E-state index in [4.69, 9.17) is 14.4 Å². The van der Waals surface area contributed by atoms with Crippen molar-refractivity contribution in [1.82, 2.24) is 5.32 Å². The van der Waals surface area contributed by atoms with E-state index in [-0.39, 0.29) is 0 Å². The first kappa shape index (κ1) is 17.0. The third kappa shape index (κ3) is 4.21. The Balaban J connectivity index is 2.95. The quantitative estimate of drug-likeness (QED) is 0.261. The number of nitrogens with one attached hydrogen (secondary N) is 1. The van der Waals surface area contributed by atoms with Crippen LogP contribution in [0.25, 0.3) is 0 Å². The van der Waals surface area contributed by atoms with Gasteiger partial charge in [0, 0.05) is 0 Å². The fraction of sp³-hybridized carbons (Fsp3) is 0.667. The van der Waals surface area contributed by atoms with E-state index < -0.39 is 53.6 Å². The van der Waals surface area contributed by atoms with Crippen LogP contribution in [-0.4, -0.2) is 71.4 Å². The highest BCUT2D eigenvalue weighted by Gasteiger charge is 2.47. The molecule has 1 rings (SSSR count). The third-order valence-corrected chi connectivity index (χ3v) is 3.03. The van der Waals surface area contributed by atoms with Crippen LogP contribution in [0.1, 0.15) is 0 Å². The summed E-state index contributed by atoms with van der Waals surface area (Å²) >= 11 is 0. The van der Waals surface area contributed by atoms with E-state index in [2.05, 4.69) is 16.1 Å². The maximum Gasteiger partial charge on any atom is 0.397 e. The van der Waals surface area contributed by atoms with Crippen LogP contribution in [0.3, 0.4) is 0 Å². The maximum absolute atomic E-state index is 11.1. The molecule has 116 valence electrons. The predicted octanol–water partition coefficient (Wildman–Crippen LogP) is -3.08. The van der Waals surface area contributed by atoms with Crippen molar-refractivity contribution < 1.29 is 42.0 Å². The Bertz CT molecular complexity index is 464. The normalized spacial score (nSPS) is 34.5. The first-order valence-corrected chi connectivity index (χ1v) is 6.77. The lowest BCUT2D eigenvalue weighted by atomic mass is 9.98. The van der Waals surface area contributed by atoms with Crippen molar-refractivity contribution in [2.24, 2.45) is 0 Å².